The highest BCUT2D eigenvalue weighted by Gasteiger charge is 2.19. The molecule has 2 heterocycles. The normalized spacial score (nSPS) is 11.2. The van der Waals surface area contributed by atoms with E-state index in [4.69, 9.17) is 15.4 Å². The maximum absolute atomic E-state index is 10.9. The van der Waals surface area contributed by atoms with Gasteiger partial charge in [-0.2, -0.15) is 4.98 Å². The summed E-state index contributed by atoms with van der Waals surface area (Å²) in [5.41, 5.74) is 5.68. The molecule has 0 radical (unpaired) electrons. The van der Waals surface area contributed by atoms with Crippen LogP contribution in [0.4, 0.5) is 0 Å². The van der Waals surface area contributed by atoms with E-state index in [9.17, 15) is 4.79 Å². The lowest BCUT2D eigenvalue weighted by atomic mass is 10.2. The van der Waals surface area contributed by atoms with Crippen molar-refractivity contribution >= 4 is 5.97 Å². The second-order valence-corrected chi connectivity index (χ2v) is 4.26. The Bertz CT molecular complexity index is 588. The molecule has 0 atom stereocenters. The van der Waals surface area contributed by atoms with Crippen molar-refractivity contribution in [1.82, 2.24) is 25.1 Å². The van der Waals surface area contributed by atoms with Gasteiger partial charge in [-0.3, -0.25) is 0 Å². The number of carbonyl (C=O) groups is 1. The van der Waals surface area contributed by atoms with Crippen LogP contribution in [0.5, 0.6) is 0 Å². The molecule has 0 bridgehead atoms. The van der Waals surface area contributed by atoms with Crippen LogP contribution in [0.2, 0.25) is 0 Å². The van der Waals surface area contributed by atoms with Crippen LogP contribution in [-0.4, -0.2) is 36.2 Å². The molecule has 0 aliphatic rings. The Balaban J connectivity index is 2.25. The average Bonchev–Trinajstić information content (AvgIpc) is 2.95. The molecule has 9 nitrogen and oxygen atoms in total. The molecule has 102 valence electrons. The van der Waals surface area contributed by atoms with Gasteiger partial charge in [-0.25, -0.2) is 9.48 Å². The Morgan fingerprint density at radius 2 is 2.26 bits per heavy atom. The maximum Gasteiger partial charge on any atom is 0.358 e. The molecule has 3 N–H and O–H groups in total. The highest BCUT2D eigenvalue weighted by molar-refractivity contribution is 5.86. The van der Waals surface area contributed by atoms with E-state index in [2.05, 4.69) is 20.5 Å². The quantitative estimate of drug-likeness (QED) is 0.771. The van der Waals surface area contributed by atoms with Crippen LogP contribution in [0.1, 0.15) is 47.7 Å². The zero-order valence-corrected chi connectivity index (χ0v) is 10.6. The van der Waals surface area contributed by atoms with Gasteiger partial charge >= 0.3 is 5.97 Å². The number of nitrogens with two attached hydrogens (primary N) is 1. The molecule has 0 aromatic carbocycles. The third-order valence-electron chi connectivity index (χ3n) is 2.50. The first kappa shape index (κ1) is 13.1. The summed E-state index contributed by atoms with van der Waals surface area (Å²) >= 11 is 0. The number of carboxylic acid groups (broad SMARTS) is 1. The summed E-state index contributed by atoms with van der Waals surface area (Å²) in [5, 5.41) is 20.0. The van der Waals surface area contributed by atoms with Crippen molar-refractivity contribution in [1.29, 1.82) is 0 Å². The maximum atomic E-state index is 10.9. The number of carboxylic acids is 1. The standard InChI is InChI=1S/C10H14N6O3/c1-5(2)9-12-7(14-19-9)4-16-6(3-11)8(10(17)18)13-15-16/h5H,3-4,11H2,1-2H3,(H,17,18). The lowest BCUT2D eigenvalue weighted by Crippen LogP contribution is -2.13. The summed E-state index contributed by atoms with van der Waals surface area (Å²) in [6.45, 7) is 4.05. The van der Waals surface area contributed by atoms with Crippen molar-refractivity contribution in [3.05, 3.63) is 23.1 Å². The smallest absolute Gasteiger partial charge is 0.358 e. The van der Waals surface area contributed by atoms with Gasteiger partial charge in [0, 0.05) is 12.5 Å². The number of rotatable bonds is 5. The van der Waals surface area contributed by atoms with Crippen molar-refractivity contribution in [2.45, 2.75) is 32.9 Å². The van der Waals surface area contributed by atoms with E-state index in [1.807, 2.05) is 13.8 Å². The molecule has 9 heteroatoms. The SMILES string of the molecule is CC(C)c1nc(Cn2nnc(C(=O)O)c2CN)no1. The number of hydrogen-bond acceptors (Lipinski definition) is 7. The minimum absolute atomic E-state index is 0.0174. The van der Waals surface area contributed by atoms with Gasteiger partial charge in [0.25, 0.3) is 0 Å². The van der Waals surface area contributed by atoms with Crippen molar-refractivity contribution < 1.29 is 14.4 Å². The number of aromatic nitrogens is 5. The predicted molar refractivity (Wildman–Crippen MR) is 62.4 cm³/mol. The Morgan fingerprint density at radius 1 is 1.53 bits per heavy atom. The van der Waals surface area contributed by atoms with E-state index in [1.54, 1.807) is 0 Å². The summed E-state index contributed by atoms with van der Waals surface area (Å²) in [7, 11) is 0. The number of aromatic carboxylic acids is 1. The molecule has 0 saturated heterocycles. The largest absolute Gasteiger partial charge is 0.476 e. The van der Waals surface area contributed by atoms with Crippen molar-refractivity contribution in [3.8, 4) is 0 Å². The Morgan fingerprint density at radius 3 is 2.79 bits per heavy atom. The minimum Gasteiger partial charge on any atom is -0.476 e. The molecule has 2 aromatic rings. The van der Waals surface area contributed by atoms with Crippen LogP contribution in [0, 0.1) is 0 Å². The first-order valence-corrected chi connectivity index (χ1v) is 5.71. The topological polar surface area (TPSA) is 133 Å². The highest BCUT2D eigenvalue weighted by Crippen LogP contribution is 2.12. The summed E-state index contributed by atoms with van der Waals surface area (Å²) < 4.78 is 6.42. The molecular formula is C10H14N6O3. The fourth-order valence-electron chi connectivity index (χ4n) is 1.53. The number of hydrogen-bond donors (Lipinski definition) is 2. The van der Waals surface area contributed by atoms with Gasteiger partial charge in [-0.05, 0) is 0 Å². The van der Waals surface area contributed by atoms with E-state index in [0.29, 0.717) is 17.4 Å². The van der Waals surface area contributed by atoms with Gasteiger partial charge in [0.05, 0.1) is 5.69 Å². The zero-order chi connectivity index (χ0) is 14.0. The second-order valence-electron chi connectivity index (χ2n) is 4.26. The molecule has 2 rings (SSSR count). The monoisotopic (exact) mass is 266 g/mol. The van der Waals surface area contributed by atoms with Crippen molar-refractivity contribution in [2.24, 2.45) is 5.73 Å². The van der Waals surface area contributed by atoms with Gasteiger partial charge in [0.15, 0.2) is 11.5 Å². The van der Waals surface area contributed by atoms with Crippen molar-refractivity contribution in [2.75, 3.05) is 0 Å². The molecule has 2 aromatic heterocycles. The fourth-order valence-corrected chi connectivity index (χ4v) is 1.53. The fraction of sp³-hybridized carbons (Fsp3) is 0.500. The second kappa shape index (κ2) is 5.14. The Kier molecular flexibility index (Phi) is 3.56. The molecule has 0 aliphatic carbocycles. The molecule has 0 spiro atoms. The molecule has 19 heavy (non-hydrogen) atoms. The molecule has 0 saturated carbocycles. The molecule has 0 fully saturated rings. The molecular weight excluding hydrogens is 252 g/mol. The van der Waals surface area contributed by atoms with E-state index < -0.39 is 5.97 Å². The van der Waals surface area contributed by atoms with Gasteiger partial charge in [0.1, 0.15) is 6.54 Å². The average molecular weight is 266 g/mol. The lowest BCUT2D eigenvalue weighted by molar-refractivity contribution is 0.0689. The summed E-state index contributed by atoms with van der Waals surface area (Å²) in [6.07, 6.45) is 0. The highest BCUT2D eigenvalue weighted by atomic mass is 16.5. The van der Waals surface area contributed by atoms with Gasteiger partial charge < -0.3 is 15.4 Å². The van der Waals surface area contributed by atoms with E-state index in [1.165, 1.54) is 4.68 Å². The first-order valence-electron chi connectivity index (χ1n) is 5.71. The van der Waals surface area contributed by atoms with Crippen LogP contribution in [0.15, 0.2) is 4.52 Å². The molecule has 0 unspecified atom stereocenters. The van der Waals surface area contributed by atoms with E-state index in [-0.39, 0.29) is 24.7 Å². The van der Waals surface area contributed by atoms with Gasteiger partial charge in [0.2, 0.25) is 5.89 Å². The van der Waals surface area contributed by atoms with Crippen LogP contribution < -0.4 is 5.73 Å². The van der Waals surface area contributed by atoms with Crippen LogP contribution in [-0.2, 0) is 13.1 Å². The summed E-state index contributed by atoms with van der Waals surface area (Å²) in [5.74, 6) is -0.119. The van der Waals surface area contributed by atoms with Crippen LogP contribution >= 0.6 is 0 Å². The Labute approximate surface area is 108 Å². The van der Waals surface area contributed by atoms with Crippen molar-refractivity contribution in [3.63, 3.8) is 0 Å². The van der Waals surface area contributed by atoms with E-state index >= 15 is 0 Å². The third-order valence-corrected chi connectivity index (χ3v) is 2.50. The third kappa shape index (κ3) is 2.60. The Hall–Kier alpha value is -2.29. The van der Waals surface area contributed by atoms with Crippen LogP contribution in [0.3, 0.4) is 0 Å². The lowest BCUT2D eigenvalue weighted by Gasteiger charge is -2.01. The predicted octanol–water partition coefficient (Wildman–Crippen LogP) is -0.0103. The van der Waals surface area contributed by atoms with Gasteiger partial charge in [-0.15, -0.1) is 5.10 Å². The van der Waals surface area contributed by atoms with E-state index in [0.717, 1.165) is 0 Å². The van der Waals surface area contributed by atoms with Crippen LogP contribution in [0.25, 0.3) is 0 Å². The zero-order valence-electron chi connectivity index (χ0n) is 10.6. The number of nitrogens with zero attached hydrogens (tertiary/aromatic N) is 5. The minimum atomic E-state index is -1.16. The molecule has 0 aliphatic heterocycles. The summed E-state index contributed by atoms with van der Waals surface area (Å²) in [6, 6.07) is 0. The summed E-state index contributed by atoms with van der Waals surface area (Å²) in [4.78, 5) is 15.1. The van der Waals surface area contributed by atoms with Gasteiger partial charge in [-0.1, -0.05) is 24.2 Å². The first-order chi connectivity index (χ1) is 9.02. The molecule has 0 amide bonds.